The summed E-state index contributed by atoms with van der Waals surface area (Å²) in [5.74, 6) is -2.77. The monoisotopic (exact) mass is 869 g/mol. The number of piperidine rings is 2. The van der Waals surface area contributed by atoms with Gasteiger partial charge in [-0.05, 0) is 93.3 Å². The molecule has 15 nitrogen and oxygen atoms in total. The van der Waals surface area contributed by atoms with Crippen molar-refractivity contribution in [2.24, 2.45) is 25.9 Å². The number of imide groups is 1. The summed E-state index contributed by atoms with van der Waals surface area (Å²) in [6.45, 7) is 5.52. The third-order valence-electron chi connectivity index (χ3n) is 13.4. The van der Waals surface area contributed by atoms with Crippen LogP contribution < -0.4 is 36.0 Å². The first kappa shape index (κ1) is 40.5. The maximum atomic E-state index is 15.2. The fourth-order valence-corrected chi connectivity index (χ4v) is 9.93. The number of nitrogens with one attached hydrogen (secondary N) is 3. The Morgan fingerprint density at radius 1 is 0.919 bits per heavy atom. The van der Waals surface area contributed by atoms with Gasteiger partial charge in [0.25, 0.3) is 5.56 Å². The molecule has 3 saturated heterocycles. The summed E-state index contributed by atoms with van der Waals surface area (Å²) in [6, 6.07) is 10.6. The second kappa shape index (κ2) is 16.0. The van der Waals surface area contributed by atoms with Crippen molar-refractivity contribution in [3.05, 3.63) is 63.7 Å². The van der Waals surface area contributed by atoms with Crippen molar-refractivity contribution < 1.29 is 23.1 Å². The Bertz CT molecular complexity index is 2640. The van der Waals surface area contributed by atoms with Gasteiger partial charge >= 0.3 is 5.92 Å². The van der Waals surface area contributed by atoms with Crippen molar-refractivity contribution >= 4 is 74.0 Å². The van der Waals surface area contributed by atoms with Gasteiger partial charge in [-0.2, -0.15) is 10.1 Å². The summed E-state index contributed by atoms with van der Waals surface area (Å²) < 4.78 is 39.2. The summed E-state index contributed by atoms with van der Waals surface area (Å²) >= 11 is 6.66. The molecule has 1 unspecified atom stereocenters. The van der Waals surface area contributed by atoms with E-state index >= 15 is 8.78 Å². The van der Waals surface area contributed by atoms with Crippen LogP contribution in [0.5, 0.6) is 5.75 Å². The van der Waals surface area contributed by atoms with E-state index < -0.39 is 30.0 Å². The normalized spacial score (nSPS) is 22.5. The van der Waals surface area contributed by atoms with Gasteiger partial charge in [0.15, 0.2) is 12.4 Å². The summed E-state index contributed by atoms with van der Waals surface area (Å²) in [5, 5.41) is 15.4. The zero-order chi connectivity index (χ0) is 42.9. The molecule has 3 N–H and O–H groups in total. The average Bonchev–Trinajstić information content (AvgIpc) is 4.09. The van der Waals surface area contributed by atoms with Crippen LogP contribution in [-0.2, 0) is 23.7 Å². The Labute approximate surface area is 361 Å². The number of amides is 2. The van der Waals surface area contributed by atoms with Crippen molar-refractivity contribution in [2.75, 3.05) is 72.9 Å². The van der Waals surface area contributed by atoms with Gasteiger partial charge in [0, 0.05) is 81.9 Å². The number of halogens is 3. The number of hydrogen-bond acceptors (Lipinski definition) is 12. The number of pyridine rings is 1. The largest absolute Gasteiger partial charge is 0.480 e. The molecule has 5 aromatic rings. The van der Waals surface area contributed by atoms with Crippen LogP contribution in [0.1, 0.15) is 56.6 Å². The molecule has 4 aliphatic heterocycles. The van der Waals surface area contributed by atoms with E-state index in [1.807, 2.05) is 23.9 Å². The number of carbonyl (C=O) groups excluding carboxylic acids is 2. The lowest BCUT2D eigenvalue weighted by Gasteiger charge is -2.36. The molecule has 2 atom stereocenters. The van der Waals surface area contributed by atoms with Gasteiger partial charge in [-0.3, -0.25) is 24.4 Å². The van der Waals surface area contributed by atoms with E-state index in [9.17, 15) is 14.4 Å². The standard InChI is InChI=1S/C44H50ClF2N11O4/c1-54-33-10-6-27(20-31(33)37-38(42(54)61)62-24-44(46,47)39(51-37)26-4-5-26)49-40-32(45)22-48-43(52-40)58-15-3-14-56(18-19-58)23-25-12-16-57(17-13-25)28-7-8-29-34(21-28)55(2)53-36(29)30-9-11-35(59)50-41(30)60/h6-8,10,20-22,25-26,30,39,51H,3-5,9,11-19,23-24H2,1-2H3,(H,48,49,52)(H,50,59,60)/t30?,39-/m0/s1. The smallest absolute Gasteiger partial charge is 0.301 e. The summed E-state index contributed by atoms with van der Waals surface area (Å²) in [4.78, 5) is 54.3. The minimum Gasteiger partial charge on any atom is -0.480 e. The molecule has 326 valence electrons. The van der Waals surface area contributed by atoms with Crippen molar-refractivity contribution in [1.29, 1.82) is 0 Å². The Kier molecular flexibility index (Phi) is 10.4. The van der Waals surface area contributed by atoms with Crippen LogP contribution in [0.4, 0.5) is 37.6 Å². The molecule has 1 aliphatic carbocycles. The van der Waals surface area contributed by atoms with Crippen LogP contribution in [0.2, 0.25) is 5.02 Å². The topological polar surface area (TPSA) is 155 Å². The third kappa shape index (κ3) is 7.67. The lowest BCUT2D eigenvalue weighted by Crippen LogP contribution is -2.44. The molecule has 0 spiro atoms. The highest BCUT2D eigenvalue weighted by atomic mass is 35.5. The van der Waals surface area contributed by atoms with Crippen LogP contribution in [0.25, 0.3) is 21.8 Å². The van der Waals surface area contributed by atoms with E-state index in [0.29, 0.717) is 65.0 Å². The minimum atomic E-state index is -3.13. The summed E-state index contributed by atoms with van der Waals surface area (Å²) in [7, 11) is 3.51. The van der Waals surface area contributed by atoms with Gasteiger partial charge in [0.1, 0.15) is 5.02 Å². The lowest BCUT2D eigenvalue weighted by molar-refractivity contribution is -0.134. The number of benzene rings is 2. The van der Waals surface area contributed by atoms with E-state index in [4.69, 9.17) is 26.4 Å². The molecule has 4 fully saturated rings. The van der Waals surface area contributed by atoms with Gasteiger partial charge < -0.3 is 34.6 Å². The SMILES string of the molecule is Cn1nc(C2CCC(=O)NC2=O)c2ccc(N3CCC(CN4CCCN(c5ncc(Cl)c(Nc6ccc7c(c6)c6c(c(=O)n7C)OCC(F)(F)[C@H](C7CC7)N6)n5)CC4)CC3)cc21. The van der Waals surface area contributed by atoms with E-state index in [1.54, 1.807) is 19.3 Å². The minimum absolute atomic E-state index is 0.105. The molecule has 2 aromatic carbocycles. The maximum Gasteiger partial charge on any atom is 0.301 e. The van der Waals surface area contributed by atoms with Crippen molar-refractivity contribution in [3.8, 4) is 5.75 Å². The number of nitrogens with zero attached hydrogens (tertiary/aromatic N) is 8. The molecule has 10 rings (SSSR count). The van der Waals surface area contributed by atoms with Crippen molar-refractivity contribution in [2.45, 2.75) is 62.8 Å². The number of aromatic nitrogens is 5. The number of hydrogen-bond donors (Lipinski definition) is 3. The van der Waals surface area contributed by atoms with E-state index in [0.717, 1.165) is 87.4 Å². The molecule has 3 aromatic heterocycles. The fourth-order valence-electron chi connectivity index (χ4n) is 9.80. The molecule has 62 heavy (non-hydrogen) atoms. The highest BCUT2D eigenvalue weighted by Crippen LogP contribution is 2.46. The molecular formula is C44H50ClF2N11O4. The highest BCUT2D eigenvalue weighted by Gasteiger charge is 2.51. The molecule has 5 aliphatic rings. The number of fused-ring (bicyclic) bond motifs is 4. The van der Waals surface area contributed by atoms with Gasteiger partial charge in [-0.25, -0.2) is 13.8 Å². The summed E-state index contributed by atoms with van der Waals surface area (Å²) in [5.41, 5.74) is 3.87. The quantitative estimate of drug-likeness (QED) is 0.162. The number of carbonyl (C=O) groups is 2. The number of alkyl halides is 2. The Hall–Kier alpha value is -5.55. The van der Waals surface area contributed by atoms with E-state index in [-0.39, 0.29) is 29.2 Å². The van der Waals surface area contributed by atoms with Crippen LogP contribution in [-0.4, -0.2) is 105 Å². The van der Waals surface area contributed by atoms with Crippen LogP contribution in [0, 0.1) is 11.8 Å². The zero-order valence-electron chi connectivity index (χ0n) is 34.8. The first-order valence-corrected chi connectivity index (χ1v) is 22.0. The number of ether oxygens (including phenoxy) is 1. The first-order chi connectivity index (χ1) is 29.9. The van der Waals surface area contributed by atoms with E-state index in [1.165, 1.54) is 4.57 Å². The molecule has 0 radical (unpaired) electrons. The molecule has 2 amide bonds. The molecule has 1 saturated carbocycles. The zero-order valence-corrected chi connectivity index (χ0v) is 35.6. The van der Waals surface area contributed by atoms with Gasteiger partial charge in [-0.15, -0.1) is 0 Å². The van der Waals surface area contributed by atoms with Crippen LogP contribution in [0.15, 0.2) is 47.4 Å². The van der Waals surface area contributed by atoms with Crippen molar-refractivity contribution in [3.63, 3.8) is 0 Å². The third-order valence-corrected chi connectivity index (χ3v) is 13.7. The Morgan fingerprint density at radius 3 is 2.53 bits per heavy atom. The van der Waals surface area contributed by atoms with Crippen LogP contribution in [0.3, 0.4) is 0 Å². The second-order valence-corrected chi connectivity index (χ2v) is 18.0. The Balaban J connectivity index is 0.775. The van der Waals surface area contributed by atoms with Gasteiger partial charge in [0.2, 0.25) is 23.5 Å². The highest BCUT2D eigenvalue weighted by molar-refractivity contribution is 6.33. The molecule has 7 heterocycles. The molecule has 18 heteroatoms. The second-order valence-electron chi connectivity index (χ2n) is 17.6. The van der Waals surface area contributed by atoms with Crippen molar-refractivity contribution in [1.82, 2.24) is 34.5 Å². The van der Waals surface area contributed by atoms with Gasteiger partial charge in [0.05, 0.1) is 40.6 Å². The number of aryl methyl sites for hydroxylation is 2. The average molecular weight is 870 g/mol. The first-order valence-electron chi connectivity index (χ1n) is 21.7. The number of rotatable bonds is 8. The maximum absolute atomic E-state index is 15.2. The Morgan fingerprint density at radius 2 is 1.74 bits per heavy atom. The lowest BCUT2D eigenvalue weighted by atomic mass is 9.92. The van der Waals surface area contributed by atoms with Gasteiger partial charge in [-0.1, -0.05) is 11.6 Å². The number of anilines is 5. The predicted molar refractivity (Wildman–Crippen MR) is 234 cm³/mol. The fraction of sp³-hybridized carbons (Fsp3) is 0.500. The van der Waals surface area contributed by atoms with E-state index in [2.05, 4.69) is 53.8 Å². The predicted octanol–water partition coefficient (Wildman–Crippen LogP) is 5.78. The van der Waals surface area contributed by atoms with Crippen LogP contribution >= 0.6 is 11.6 Å². The summed E-state index contributed by atoms with van der Waals surface area (Å²) in [6.07, 6.45) is 6.94. The molecule has 0 bridgehead atoms. The molecular weight excluding hydrogens is 820 g/mol.